The van der Waals surface area contributed by atoms with Crippen LogP contribution < -0.4 is 9.64 Å². The van der Waals surface area contributed by atoms with Crippen LogP contribution in [0.4, 0.5) is 5.69 Å². The highest BCUT2D eigenvalue weighted by Gasteiger charge is 2.31. The fourth-order valence-corrected chi connectivity index (χ4v) is 2.26. The minimum Gasteiger partial charge on any atom is -0.492 e. The minimum absolute atomic E-state index is 0.0224. The summed E-state index contributed by atoms with van der Waals surface area (Å²) >= 11 is 0. The number of nitrogens with zero attached hydrogens (tertiary/aromatic N) is 1. The monoisotopic (exact) mass is 265 g/mol. The fourth-order valence-electron chi connectivity index (χ4n) is 2.26. The number of carbonyl (C=O) groups excluding carboxylic acids is 1. The van der Waals surface area contributed by atoms with E-state index in [2.05, 4.69) is 0 Å². The van der Waals surface area contributed by atoms with Gasteiger partial charge in [0.2, 0.25) is 0 Å². The summed E-state index contributed by atoms with van der Waals surface area (Å²) in [5, 5.41) is 9.12. The van der Waals surface area contributed by atoms with E-state index in [4.69, 9.17) is 14.6 Å². The molecular formula is C14H19NO4. The Morgan fingerprint density at radius 3 is 3.00 bits per heavy atom. The molecule has 1 aromatic carbocycles. The number of aliphatic hydroxyl groups is 1. The Labute approximate surface area is 112 Å². The lowest BCUT2D eigenvalue weighted by atomic mass is 10.1. The molecule has 1 aliphatic heterocycles. The van der Waals surface area contributed by atoms with E-state index < -0.39 is 0 Å². The lowest BCUT2D eigenvalue weighted by Gasteiger charge is -2.36. The molecule has 5 heteroatoms. The maximum Gasteiger partial charge on any atom is 0.253 e. The third-order valence-corrected chi connectivity index (χ3v) is 3.06. The molecule has 2 rings (SSSR count). The van der Waals surface area contributed by atoms with Gasteiger partial charge in [0.05, 0.1) is 24.9 Å². The van der Waals surface area contributed by atoms with Crippen molar-refractivity contribution in [3.05, 3.63) is 24.3 Å². The molecule has 5 nitrogen and oxygen atoms in total. The molecule has 1 unspecified atom stereocenters. The van der Waals surface area contributed by atoms with Gasteiger partial charge in [-0.3, -0.25) is 4.79 Å². The smallest absolute Gasteiger partial charge is 0.253 e. The van der Waals surface area contributed by atoms with E-state index in [1.807, 2.05) is 31.2 Å². The van der Waals surface area contributed by atoms with E-state index in [0.29, 0.717) is 25.4 Å². The molecule has 1 heterocycles. The number of anilines is 1. The molecule has 104 valence electrons. The number of para-hydroxylation sites is 2. The topological polar surface area (TPSA) is 59.0 Å². The number of hydrogen-bond acceptors (Lipinski definition) is 4. The summed E-state index contributed by atoms with van der Waals surface area (Å²) in [5.74, 6) is 0.583. The molecular weight excluding hydrogens is 246 g/mol. The van der Waals surface area contributed by atoms with Gasteiger partial charge in [0.25, 0.3) is 5.91 Å². The highest BCUT2D eigenvalue weighted by Crippen LogP contribution is 2.31. The number of aliphatic hydroxyl groups excluding tert-OH is 1. The summed E-state index contributed by atoms with van der Waals surface area (Å²) < 4.78 is 10.8. The largest absolute Gasteiger partial charge is 0.492 e. The van der Waals surface area contributed by atoms with Crippen molar-refractivity contribution in [3.8, 4) is 5.75 Å². The quantitative estimate of drug-likeness (QED) is 0.869. The molecule has 0 bridgehead atoms. The zero-order chi connectivity index (χ0) is 13.7. The third-order valence-electron chi connectivity index (χ3n) is 3.06. The Kier molecular flexibility index (Phi) is 4.76. The van der Waals surface area contributed by atoms with Crippen LogP contribution >= 0.6 is 0 Å². The zero-order valence-corrected chi connectivity index (χ0v) is 11.0. The SMILES string of the molecule is CCOc1ccccc1N1C(=O)COCC1CCO. The summed E-state index contributed by atoms with van der Waals surface area (Å²) in [6.07, 6.45) is 0.492. The molecule has 1 N–H and O–H groups in total. The number of ether oxygens (including phenoxy) is 2. The van der Waals surface area contributed by atoms with Crippen LogP contribution in [0.25, 0.3) is 0 Å². The second-order valence-electron chi connectivity index (χ2n) is 4.35. The van der Waals surface area contributed by atoms with Crippen molar-refractivity contribution < 1.29 is 19.4 Å². The molecule has 1 fully saturated rings. The average Bonchev–Trinajstić information content (AvgIpc) is 2.41. The maximum atomic E-state index is 12.1. The first-order valence-corrected chi connectivity index (χ1v) is 6.50. The Hall–Kier alpha value is -1.59. The van der Waals surface area contributed by atoms with Crippen LogP contribution in [0.15, 0.2) is 24.3 Å². The van der Waals surface area contributed by atoms with Crippen molar-refractivity contribution in [2.75, 3.05) is 31.3 Å². The number of carbonyl (C=O) groups is 1. The molecule has 0 radical (unpaired) electrons. The molecule has 1 atom stereocenters. The van der Waals surface area contributed by atoms with Gasteiger partial charge < -0.3 is 19.5 Å². The van der Waals surface area contributed by atoms with Crippen LogP contribution in [0.3, 0.4) is 0 Å². The van der Waals surface area contributed by atoms with Gasteiger partial charge in [-0.05, 0) is 25.5 Å². The molecule has 1 aliphatic rings. The van der Waals surface area contributed by atoms with Crippen LogP contribution in [0.2, 0.25) is 0 Å². The molecule has 1 aromatic rings. The highest BCUT2D eigenvalue weighted by molar-refractivity contribution is 5.96. The molecule has 0 aliphatic carbocycles. The van der Waals surface area contributed by atoms with E-state index in [9.17, 15) is 4.79 Å². The van der Waals surface area contributed by atoms with Crippen LogP contribution in [0.5, 0.6) is 5.75 Å². The highest BCUT2D eigenvalue weighted by atomic mass is 16.5. The van der Waals surface area contributed by atoms with Gasteiger partial charge in [-0.15, -0.1) is 0 Å². The summed E-state index contributed by atoms with van der Waals surface area (Å²) in [6, 6.07) is 7.31. The van der Waals surface area contributed by atoms with Crippen molar-refractivity contribution in [2.24, 2.45) is 0 Å². The predicted octanol–water partition coefficient (Wildman–Crippen LogP) is 1.20. The van der Waals surface area contributed by atoms with Crippen LogP contribution in [-0.2, 0) is 9.53 Å². The van der Waals surface area contributed by atoms with Gasteiger partial charge in [-0.25, -0.2) is 0 Å². The Morgan fingerprint density at radius 1 is 1.47 bits per heavy atom. The average molecular weight is 265 g/mol. The molecule has 0 spiro atoms. The first kappa shape index (κ1) is 13.8. The fraction of sp³-hybridized carbons (Fsp3) is 0.500. The molecule has 19 heavy (non-hydrogen) atoms. The molecule has 0 saturated carbocycles. The summed E-state index contributed by atoms with van der Waals surface area (Å²) in [4.78, 5) is 13.8. The molecule has 1 amide bonds. The predicted molar refractivity (Wildman–Crippen MR) is 71.4 cm³/mol. The third kappa shape index (κ3) is 3.05. The summed E-state index contributed by atoms with van der Waals surface area (Å²) in [7, 11) is 0. The van der Waals surface area contributed by atoms with Gasteiger partial charge in [-0.2, -0.15) is 0 Å². The van der Waals surface area contributed by atoms with E-state index in [-0.39, 0.29) is 25.2 Å². The van der Waals surface area contributed by atoms with Crippen LogP contribution in [0, 0.1) is 0 Å². The van der Waals surface area contributed by atoms with Crippen LogP contribution in [-0.4, -0.2) is 43.5 Å². The number of amides is 1. The van der Waals surface area contributed by atoms with E-state index >= 15 is 0 Å². The van der Waals surface area contributed by atoms with Gasteiger partial charge >= 0.3 is 0 Å². The second-order valence-corrected chi connectivity index (χ2v) is 4.35. The van der Waals surface area contributed by atoms with E-state index in [1.165, 1.54) is 0 Å². The molecule has 1 saturated heterocycles. The number of hydrogen-bond donors (Lipinski definition) is 1. The van der Waals surface area contributed by atoms with Crippen molar-refractivity contribution in [2.45, 2.75) is 19.4 Å². The number of benzene rings is 1. The second kappa shape index (κ2) is 6.54. The van der Waals surface area contributed by atoms with Crippen molar-refractivity contribution >= 4 is 11.6 Å². The first-order chi connectivity index (χ1) is 9.27. The van der Waals surface area contributed by atoms with Gasteiger partial charge in [0.15, 0.2) is 0 Å². The van der Waals surface area contributed by atoms with Gasteiger partial charge in [0.1, 0.15) is 12.4 Å². The number of rotatable bonds is 5. The Morgan fingerprint density at radius 2 is 2.26 bits per heavy atom. The standard InChI is InChI=1S/C14H19NO4/c1-2-19-13-6-4-3-5-12(13)15-11(7-8-16)9-18-10-14(15)17/h3-6,11,16H,2,7-10H2,1H3. The van der Waals surface area contributed by atoms with Gasteiger partial charge in [0, 0.05) is 6.61 Å². The van der Waals surface area contributed by atoms with Crippen molar-refractivity contribution in [1.29, 1.82) is 0 Å². The Bertz CT molecular complexity index is 433. The maximum absolute atomic E-state index is 12.1. The minimum atomic E-state index is -0.146. The summed E-state index contributed by atoms with van der Waals surface area (Å²) in [6.45, 7) is 2.98. The van der Waals surface area contributed by atoms with E-state index in [1.54, 1.807) is 4.90 Å². The first-order valence-electron chi connectivity index (χ1n) is 6.50. The lowest BCUT2D eigenvalue weighted by molar-refractivity contribution is -0.127. The molecule has 0 aromatic heterocycles. The van der Waals surface area contributed by atoms with E-state index in [0.717, 1.165) is 5.69 Å². The number of morpholine rings is 1. The van der Waals surface area contributed by atoms with Crippen LogP contribution in [0.1, 0.15) is 13.3 Å². The lowest BCUT2D eigenvalue weighted by Crippen LogP contribution is -2.50. The van der Waals surface area contributed by atoms with Crippen molar-refractivity contribution in [3.63, 3.8) is 0 Å². The Balaban J connectivity index is 2.32. The zero-order valence-electron chi connectivity index (χ0n) is 11.0. The summed E-state index contributed by atoms with van der Waals surface area (Å²) in [5.41, 5.74) is 0.746. The van der Waals surface area contributed by atoms with Crippen molar-refractivity contribution in [1.82, 2.24) is 0 Å². The normalized spacial score (nSPS) is 19.6. The van der Waals surface area contributed by atoms with Gasteiger partial charge in [-0.1, -0.05) is 12.1 Å².